The van der Waals surface area contributed by atoms with E-state index in [1.807, 2.05) is 32.9 Å². The van der Waals surface area contributed by atoms with Crippen LogP contribution < -0.4 is 5.32 Å². The lowest BCUT2D eigenvalue weighted by Crippen LogP contribution is -2.14. The summed E-state index contributed by atoms with van der Waals surface area (Å²) in [6.07, 6.45) is 1.69. The van der Waals surface area contributed by atoms with Crippen molar-refractivity contribution >= 4 is 11.6 Å². The molecular weight excluding hydrogens is 198 g/mol. The molecule has 0 aromatic heterocycles. The number of aryl methyl sites for hydroxylation is 2. The number of benzene rings is 1. The van der Waals surface area contributed by atoms with Crippen LogP contribution in [0.2, 0.25) is 0 Å². The second-order valence-electron chi connectivity index (χ2n) is 4.13. The van der Waals surface area contributed by atoms with Gasteiger partial charge in [0.05, 0.1) is 0 Å². The van der Waals surface area contributed by atoms with E-state index in [0.29, 0.717) is 5.57 Å². The van der Waals surface area contributed by atoms with Gasteiger partial charge in [-0.2, -0.15) is 0 Å². The number of hydrogen-bond donors (Lipinski definition) is 1. The van der Waals surface area contributed by atoms with Gasteiger partial charge in [0.15, 0.2) is 0 Å². The topological polar surface area (TPSA) is 29.1 Å². The van der Waals surface area contributed by atoms with Gasteiger partial charge < -0.3 is 5.32 Å². The molecule has 0 radical (unpaired) electrons. The Balaban J connectivity index is 2.73. The highest BCUT2D eigenvalue weighted by atomic mass is 16.1. The van der Waals surface area contributed by atoms with Crippen LogP contribution in [0.25, 0.3) is 0 Å². The number of carbonyl (C=O) groups excluding carboxylic acids is 1. The lowest BCUT2D eigenvalue weighted by atomic mass is 10.1. The number of hydrogen-bond acceptors (Lipinski definition) is 1. The van der Waals surface area contributed by atoms with Crippen LogP contribution in [0, 0.1) is 13.8 Å². The predicted molar refractivity (Wildman–Crippen MR) is 68.6 cm³/mol. The second kappa shape index (κ2) is 5.50. The van der Waals surface area contributed by atoms with E-state index in [1.54, 1.807) is 0 Å². The first-order chi connectivity index (χ1) is 7.54. The third kappa shape index (κ3) is 3.23. The molecule has 1 N–H and O–H groups in total. The molecular formula is C14H19NO. The minimum atomic E-state index is -0.0752. The molecule has 0 unspecified atom stereocenters. The maximum atomic E-state index is 11.7. The fraction of sp³-hybridized carbons (Fsp3) is 0.357. The molecule has 0 saturated carbocycles. The summed E-state index contributed by atoms with van der Waals surface area (Å²) >= 11 is 0. The average molecular weight is 217 g/mol. The Morgan fingerprint density at radius 3 is 2.62 bits per heavy atom. The average Bonchev–Trinajstić information content (AvgIpc) is 2.22. The molecule has 0 saturated heterocycles. The SMILES string of the molecule is C=C(CCC)C(=O)Nc1ccc(C)cc1C. The molecule has 16 heavy (non-hydrogen) atoms. The summed E-state index contributed by atoms with van der Waals surface area (Å²) in [6.45, 7) is 9.84. The van der Waals surface area contributed by atoms with Gasteiger partial charge in [-0.25, -0.2) is 0 Å². The van der Waals surface area contributed by atoms with Crippen molar-refractivity contribution in [3.05, 3.63) is 41.5 Å². The van der Waals surface area contributed by atoms with Crippen molar-refractivity contribution in [3.8, 4) is 0 Å². The summed E-state index contributed by atoms with van der Waals surface area (Å²) in [7, 11) is 0. The lowest BCUT2D eigenvalue weighted by molar-refractivity contribution is -0.113. The van der Waals surface area contributed by atoms with Crippen LogP contribution in [-0.4, -0.2) is 5.91 Å². The highest BCUT2D eigenvalue weighted by Gasteiger charge is 2.07. The van der Waals surface area contributed by atoms with Crippen LogP contribution in [-0.2, 0) is 4.79 Å². The summed E-state index contributed by atoms with van der Waals surface area (Å²) in [5, 5.41) is 2.88. The first-order valence-electron chi connectivity index (χ1n) is 5.61. The zero-order valence-corrected chi connectivity index (χ0v) is 10.3. The Kier molecular flexibility index (Phi) is 4.29. The summed E-state index contributed by atoms with van der Waals surface area (Å²) in [4.78, 5) is 11.7. The van der Waals surface area contributed by atoms with E-state index >= 15 is 0 Å². The van der Waals surface area contributed by atoms with Crippen molar-refractivity contribution in [3.63, 3.8) is 0 Å². The molecule has 1 aromatic carbocycles. The van der Waals surface area contributed by atoms with Gasteiger partial charge in [-0.05, 0) is 31.9 Å². The minimum Gasteiger partial charge on any atom is -0.322 e. The molecule has 0 heterocycles. The van der Waals surface area contributed by atoms with Gasteiger partial charge in [0, 0.05) is 11.3 Å². The zero-order valence-electron chi connectivity index (χ0n) is 10.3. The van der Waals surface area contributed by atoms with Gasteiger partial charge in [0.1, 0.15) is 0 Å². The monoisotopic (exact) mass is 217 g/mol. The maximum Gasteiger partial charge on any atom is 0.250 e. The van der Waals surface area contributed by atoms with E-state index in [9.17, 15) is 4.79 Å². The van der Waals surface area contributed by atoms with Crippen LogP contribution in [0.5, 0.6) is 0 Å². The van der Waals surface area contributed by atoms with E-state index in [4.69, 9.17) is 0 Å². The maximum absolute atomic E-state index is 11.7. The van der Waals surface area contributed by atoms with Crippen molar-refractivity contribution in [2.75, 3.05) is 5.32 Å². The molecule has 1 rings (SSSR count). The first kappa shape index (κ1) is 12.5. The highest BCUT2D eigenvalue weighted by molar-refractivity contribution is 6.03. The van der Waals surface area contributed by atoms with Crippen LogP contribution in [0.1, 0.15) is 30.9 Å². The fourth-order valence-corrected chi connectivity index (χ4v) is 1.58. The van der Waals surface area contributed by atoms with E-state index in [1.165, 1.54) is 5.56 Å². The van der Waals surface area contributed by atoms with Gasteiger partial charge >= 0.3 is 0 Å². The molecule has 0 spiro atoms. The number of carbonyl (C=O) groups is 1. The molecule has 0 aliphatic rings. The molecule has 0 fully saturated rings. The molecule has 1 aromatic rings. The van der Waals surface area contributed by atoms with Gasteiger partial charge in [0.2, 0.25) is 0 Å². The van der Waals surface area contributed by atoms with Gasteiger partial charge in [0.25, 0.3) is 5.91 Å². The molecule has 2 nitrogen and oxygen atoms in total. The third-order valence-electron chi connectivity index (χ3n) is 2.50. The second-order valence-corrected chi connectivity index (χ2v) is 4.13. The number of nitrogens with one attached hydrogen (secondary N) is 1. The Bertz CT molecular complexity index is 407. The van der Waals surface area contributed by atoms with Crippen molar-refractivity contribution in [1.82, 2.24) is 0 Å². The van der Waals surface area contributed by atoms with E-state index in [2.05, 4.69) is 18.0 Å². The van der Waals surface area contributed by atoms with Crippen molar-refractivity contribution in [1.29, 1.82) is 0 Å². The molecule has 0 atom stereocenters. The molecule has 2 heteroatoms. The van der Waals surface area contributed by atoms with Crippen LogP contribution in [0.4, 0.5) is 5.69 Å². The first-order valence-corrected chi connectivity index (χ1v) is 5.61. The summed E-state index contributed by atoms with van der Waals surface area (Å²) in [5.41, 5.74) is 3.79. The minimum absolute atomic E-state index is 0.0752. The predicted octanol–water partition coefficient (Wildman–Crippen LogP) is 3.60. The van der Waals surface area contributed by atoms with Crippen LogP contribution in [0.15, 0.2) is 30.4 Å². The number of amides is 1. The summed E-state index contributed by atoms with van der Waals surface area (Å²) in [6, 6.07) is 5.98. The molecule has 1 amide bonds. The molecule has 0 aliphatic heterocycles. The highest BCUT2D eigenvalue weighted by Crippen LogP contribution is 2.17. The lowest BCUT2D eigenvalue weighted by Gasteiger charge is -2.10. The Morgan fingerprint density at radius 1 is 1.38 bits per heavy atom. The van der Waals surface area contributed by atoms with E-state index in [-0.39, 0.29) is 5.91 Å². The third-order valence-corrected chi connectivity index (χ3v) is 2.50. The van der Waals surface area contributed by atoms with Crippen molar-refractivity contribution in [2.24, 2.45) is 0 Å². The Morgan fingerprint density at radius 2 is 2.06 bits per heavy atom. The van der Waals surface area contributed by atoms with E-state index < -0.39 is 0 Å². The van der Waals surface area contributed by atoms with Crippen molar-refractivity contribution < 1.29 is 4.79 Å². The largest absolute Gasteiger partial charge is 0.322 e. The van der Waals surface area contributed by atoms with E-state index in [0.717, 1.165) is 24.1 Å². The molecule has 86 valence electrons. The summed E-state index contributed by atoms with van der Waals surface area (Å²) in [5.74, 6) is -0.0752. The van der Waals surface area contributed by atoms with Gasteiger partial charge in [-0.15, -0.1) is 0 Å². The smallest absolute Gasteiger partial charge is 0.250 e. The normalized spacial score (nSPS) is 9.94. The Labute approximate surface area is 97.4 Å². The summed E-state index contributed by atoms with van der Waals surface area (Å²) < 4.78 is 0. The quantitative estimate of drug-likeness (QED) is 0.767. The fourth-order valence-electron chi connectivity index (χ4n) is 1.58. The number of rotatable bonds is 4. The zero-order chi connectivity index (χ0) is 12.1. The van der Waals surface area contributed by atoms with Crippen molar-refractivity contribution in [2.45, 2.75) is 33.6 Å². The molecule has 0 aliphatic carbocycles. The van der Waals surface area contributed by atoms with Gasteiger partial charge in [-0.3, -0.25) is 4.79 Å². The standard InChI is InChI=1S/C14H19NO/c1-5-6-11(3)14(16)15-13-8-7-10(2)9-12(13)4/h7-9H,3,5-6H2,1-2,4H3,(H,15,16). The molecule has 0 bridgehead atoms. The van der Waals surface area contributed by atoms with Gasteiger partial charge in [-0.1, -0.05) is 37.6 Å². The Hall–Kier alpha value is -1.57. The van der Waals surface area contributed by atoms with Crippen LogP contribution >= 0.6 is 0 Å². The number of anilines is 1. The van der Waals surface area contributed by atoms with Crippen LogP contribution in [0.3, 0.4) is 0 Å².